The van der Waals surface area contributed by atoms with E-state index in [4.69, 9.17) is 0 Å². The summed E-state index contributed by atoms with van der Waals surface area (Å²) in [6.07, 6.45) is 1.78. The maximum Gasteiger partial charge on any atom is 0.258 e. The van der Waals surface area contributed by atoms with E-state index in [1.54, 1.807) is 6.07 Å². The van der Waals surface area contributed by atoms with Gasteiger partial charge in [-0.05, 0) is 25.5 Å². The van der Waals surface area contributed by atoms with Crippen LogP contribution in [0.5, 0.6) is 0 Å². The third-order valence-electron chi connectivity index (χ3n) is 4.29. The van der Waals surface area contributed by atoms with E-state index in [1.165, 1.54) is 0 Å². The lowest BCUT2D eigenvalue weighted by molar-refractivity contribution is -0.134. The molecule has 0 radical (unpaired) electrons. The highest BCUT2D eigenvalue weighted by atomic mass is 16.2. The SMILES string of the molecule is CC1CNCCN1C(=O)CCCc1nc2ccccc2c(=O)[nH]1. The van der Waals surface area contributed by atoms with E-state index in [-0.39, 0.29) is 17.5 Å². The number of rotatable bonds is 4. The van der Waals surface area contributed by atoms with Gasteiger partial charge in [0.1, 0.15) is 5.82 Å². The fraction of sp³-hybridized carbons (Fsp3) is 0.471. The van der Waals surface area contributed by atoms with Crippen LogP contribution < -0.4 is 10.9 Å². The quantitative estimate of drug-likeness (QED) is 0.885. The minimum absolute atomic E-state index is 0.118. The summed E-state index contributed by atoms with van der Waals surface area (Å²) in [6, 6.07) is 7.54. The number of hydrogen-bond donors (Lipinski definition) is 2. The van der Waals surface area contributed by atoms with Gasteiger partial charge in [0.05, 0.1) is 10.9 Å². The number of carbonyl (C=O) groups is 1. The Hall–Kier alpha value is -2.21. The number of hydrogen-bond acceptors (Lipinski definition) is 4. The molecule has 23 heavy (non-hydrogen) atoms. The summed E-state index contributed by atoms with van der Waals surface area (Å²) in [5, 5.41) is 3.88. The number of nitrogens with one attached hydrogen (secondary N) is 2. The molecule has 0 saturated carbocycles. The van der Waals surface area contributed by atoms with E-state index in [0.29, 0.717) is 36.0 Å². The van der Waals surface area contributed by atoms with Gasteiger partial charge < -0.3 is 15.2 Å². The Morgan fingerprint density at radius 2 is 2.22 bits per heavy atom. The molecule has 1 aromatic heterocycles. The van der Waals surface area contributed by atoms with E-state index in [9.17, 15) is 9.59 Å². The zero-order chi connectivity index (χ0) is 16.2. The molecule has 6 heteroatoms. The number of H-pyrrole nitrogens is 1. The van der Waals surface area contributed by atoms with Crippen LogP contribution in [0.4, 0.5) is 0 Å². The predicted octanol–water partition coefficient (Wildman–Crippen LogP) is 1.07. The van der Waals surface area contributed by atoms with Crippen LogP contribution in [0.1, 0.15) is 25.6 Å². The Bertz CT molecular complexity index is 756. The van der Waals surface area contributed by atoms with Crippen molar-refractivity contribution in [2.75, 3.05) is 19.6 Å². The molecule has 3 rings (SSSR count). The molecule has 2 heterocycles. The lowest BCUT2D eigenvalue weighted by Gasteiger charge is -2.34. The molecule has 1 fully saturated rings. The molecule has 1 unspecified atom stereocenters. The first kappa shape index (κ1) is 15.7. The topological polar surface area (TPSA) is 78.1 Å². The summed E-state index contributed by atoms with van der Waals surface area (Å²) in [4.78, 5) is 33.5. The van der Waals surface area contributed by atoms with Crippen LogP contribution in [0, 0.1) is 0 Å². The maximum atomic E-state index is 12.3. The fourth-order valence-electron chi connectivity index (χ4n) is 3.02. The lowest BCUT2D eigenvalue weighted by Crippen LogP contribution is -2.52. The number of aromatic amines is 1. The molecule has 0 bridgehead atoms. The Labute approximate surface area is 134 Å². The van der Waals surface area contributed by atoms with E-state index < -0.39 is 0 Å². The average molecular weight is 314 g/mol. The molecule has 0 aliphatic carbocycles. The highest BCUT2D eigenvalue weighted by molar-refractivity contribution is 5.77. The van der Waals surface area contributed by atoms with Crippen molar-refractivity contribution < 1.29 is 4.79 Å². The Kier molecular flexibility index (Phi) is 4.71. The summed E-state index contributed by atoms with van der Waals surface area (Å²) in [6.45, 7) is 4.54. The van der Waals surface area contributed by atoms with Crippen LogP contribution in [0.15, 0.2) is 29.1 Å². The number of aromatic nitrogens is 2. The molecule has 2 aromatic rings. The van der Waals surface area contributed by atoms with Crippen molar-refractivity contribution in [2.24, 2.45) is 0 Å². The number of amides is 1. The van der Waals surface area contributed by atoms with E-state index in [2.05, 4.69) is 22.2 Å². The smallest absolute Gasteiger partial charge is 0.258 e. The molecule has 1 saturated heterocycles. The fourth-order valence-corrected chi connectivity index (χ4v) is 3.02. The number of aryl methyl sites for hydroxylation is 1. The predicted molar refractivity (Wildman–Crippen MR) is 89.3 cm³/mol. The summed E-state index contributed by atoms with van der Waals surface area (Å²) in [5.41, 5.74) is 0.584. The number of piperazine rings is 1. The Morgan fingerprint density at radius 3 is 3.04 bits per heavy atom. The first-order valence-electron chi connectivity index (χ1n) is 8.13. The van der Waals surface area contributed by atoms with Gasteiger partial charge in [0.15, 0.2) is 0 Å². The molecule has 1 aromatic carbocycles. The molecular formula is C17H22N4O2. The lowest BCUT2D eigenvalue weighted by atomic mass is 10.1. The summed E-state index contributed by atoms with van der Waals surface area (Å²) >= 11 is 0. The Morgan fingerprint density at radius 1 is 1.39 bits per heavy atom. The molecule has 1 aliphatic rings. The van der Waals surface area contributed by atoms with Gasteiger partial charge in [0.25, 0.3) is 5.56 Å². The number of nitrogens with zero attached hydrogens (tertiary/aromatic N) is 2. The van der Waals surface area contributed by atoms with Gasteiger partial charge >= 0.3 is 0 Å². The maximum absolute atomic E-state index is 12.3. The minimum Gasteiger partial charge on any atom is -0.337 e. The zero-order valence-electron chi connectivity index (χ0n) is 13.3. The normalized spacial score (nSPS) is 18.3. The molecule has 1 amide bonds. The molecular weight excluding hydrogens is 292 g/mol. The zero-order valence-corrected chi connectivity index (χ0v) is 13.3. The van der Waals surface area contributed by atoms with Crippen molar-refractivity contribution in [1.82, 2.24) is 20.2 Å². The summed E-state index contributed by atoms with van der Waals surface area (Å²) < 4.78 is 0. The number of fused-ring (bicyclic) bond motifs is 1. The monoisotopic (exact) mass is 314 g/mol. The molecule has 6 nitrogen and oxygen atoms in total. The third kappa shape index (κ3) is 3.59. The van der Waals surface area contributed by atoms with Gasteiger partial charge in [-0.3, -0.25) is 9.59 Å². The van der Waals surface area contributed by atoms with Crippen LogP contribution in [0.25, 0.3) is 10.9 Å². The van der Waals surface area contributed by atoms with Crippen LogP contribution in [0.3, 0.4) is 0 Å². The van der Waals surface area contributed by atoms with Crippen LogP contribution in [-0.4, -0.2) is 46.5 Å². The van der Waals surface area contributed by atoms with Gasteiger partial charge in [0.2, 0.25) is 5.91 Å². The van der Waals surface area contributed by atoms with Crippen molar-refractivity contribution in [2.45, 2.75) is 32.2 Å². The first-order valence-corrected chi connectivity index (χ1v) is 8.13. The summed E-state index contributed by atoms with van der Waals surface area (Å²) in [5.74, 6) is 0.831. The second kappa shape index (κ2) is 6.91. The van der Waals surface area contributed by atoms with Gasteiger partial charge in [-0.15, -0.1) is 0 Å². The number of para-hydroxylation sites is 1. The van der Waals surface area contributed by atoms with Gasteiger partial charge in [0, 0.05) is 38.5 Å². The van der Waals surface area contributed by atoms with Gasteiger partial charge in [-0.2, -0.15) is 0 Å². The number of carbonyl (C=O) groups excluding carboxylic acids is 1. The molecule has 122 valence electrons. The molecule has 2 N–H and O–H groups in total. The third-order valence-corrected chi connectivity index (χ3v) is 4.29. The highest BCUT2D eigenvalue weighted by Gasteiger charge is 2.22. The first-order chi connectivity index (χ1) is 11.1. The standard InChI is InChI=1S/C17H22N4O2/c1-12-11-18-9-10-21(12)16(22)8-4-7-15-19-14-6-3-2-5-13(14)17(23)20-15/h2-3,5-6,12,18H,4,7-11H2,1H3,(H,19,20,23). The molecule has 0 spiro atoms. The van der Waals surface area contributed by atoms with Crippen LogP contribution >= 0.6 is 0 Å². The van der Waals surface area contributed by atoms with Crippen molar-refractivity contribution in [1.29, 1.82) is 0 Å². The van der Waals surface area contributed by atoms with E-state index in [1.807, 2.05) is 23.1 Å². The molecule has 1 atom stereocenters. The van der Waals surface area contributed by atoms with Crippen LogP contribution in [-0.2, 0) is 11.2 Å². The number of benzene rings is 1. The van der Waals surface area contributed by atoms with Crippen molar-refractivity contribution in [3.63, 3.8) is 0 Å². The van der Waals surface area contributed by atoms with Crippen molar-refractivity contribution in [3.05, 3.63) is 40.4 Å². The second-order valence-corrected chi connectivity index (χ2v) is 6.02. The highest BCUT2D eigenvalue weighted by Crippen LogP contribution is 2.10. The second-order valence-electron chi connectivity index (χ2n) is 6.02. The van der Waals surface area contributed by atoms with Gasteiger partial charge in [-0.1, -0.05) is 12.1 Å². The van der Waals surface area contributed by atoms with E-state index >= 15 is 0 Å². The molecule has 1 aliphatic heterocycles. The minimum atomic E-state index is -0.118. The van der Waals surface area contributed by atoms with Crippen LogP contribution in [0.2, 0.25) is 0 Å². The van der Waals surface area contributed by atoms with E-state index in [0.717, 1.165) is 19.6 Å². The van der Waals surface area contributed by atoms with Crippen molar-refractivity contribution in [3.8, 4) is 0 Å². The largest absolute Gasteiger partial charge is 0.337 e. The van der Waals surface area contributed by atoms with Gasteiger partial charge in [-0.25, -0.2) is 4.98 Å². The Balaban J connectivity index is 1.60. The average Bonchev–Trinajstić information content (AvgIpc) is 2.55. The summed E-state index contributed by atoms with van der Waals surface area (Å²) in [7, 11) is 0. The van der Waals surface area contributed by atoms with Crippen molar-refractivity contribution >= 4 is 16.8 Å².